The Morgan fingerprint density at radius 3 is 2.24 bits per heavy atom. The first-order chi connectivity index (χ1) is 10.1. The summed E-state index contributed by atoms with van der Waals surface area (Å²) in [5.41, 5.74) is -0.102. The van der Waals surface area contributed by atoms with Gasteiger partial charge in [-0.2, -0.15) is 0 Å². The van der Waals surface area contributed by atoms with Gasteiger partial charge < -0.3 is 14.9 Å². The highest BCUT2D eigenvalue weighted by Crippen LogP contribution is 2.23. The summed E-state index contributed by atoms with van der Waals surface area (Å²) in [6.45, 7) is 2.82. The molecule has 0 atom stereocenters. The van der Waals surface area contributed by atoms with Gasteiger partial charge in [0.15, 0.2) is 0 Å². The number of benzene rings is 1. The molecule has 1 aromatic carbocycles. The fourth-order valence-corrected chi connectivity index (χ4v) is 2.21. The minimum Gasteiger partial charge on any atom is -0.507 e. The highest BCUT2D eigenvalue weighted by atomic mass is 16.5. The van der Waals surface area contributed by atoms with Gasteiger partial charge in [-0.05, 0) is 18.6 Å². The van der Waals surface area contributed by atoms with Gasteiger partial charge in [-0.25, -0.2) is 4.79 Å². The van der Waals surface area contributed by atoms with E-state index in [0.717, 1.165) is 12.8 Å². The van der Waals surface area contributed by atoms with E-state index < -0.39 is 5.97 Å². The average molecular weight is 294 g/mol. The molecular formula is C17H26O4. The molecule has 0 radical (unpaired) electrons. The van der Waals surface area contributed by atoms with Crippen LogP contribution in [-0.4, -0.2) is 22.8 Å². The largest absolute Gasteiger partial charge is 0.507 e. The molecule has 4 nitrogen and oxygen atoms in total. The van der Waals surface area contributed by atoms with Crippen LogP contribution in [0.1, 0.15) is 68.6 Å². The summed E-state index contributed by atoms with van der Waals surface area (Å²) >= 11 is 0. The SMILES string of the molecule is CCCCCCCCCCOc1ccc(C(=O)O)c(O)c1. The Balaban J connectivity index is 2.13. The highest BCUT2D eigenvalue weighted by Gasteiger charge is 2.09. The van der Waals surface area contributed by atoms with Gasteiger partial charge in [0.25, 0.3) is 0 Å². The van der Waals surface area contributed by atoms with Crippen LogP contribution >= 0.6 is 0 Å². The first-order valence-corrected chi connectivity index (χ1v) is 7.84. The average Bonchev–Trinajstić information content (AvgIpc) is 2.45. The minimum atomic E-state index is -1.14. The summed E-state index contributed by atoms with van der Waals surface area (Å²) in [6.07, 6.45) is 9.91. The van der Waals surface area contributed by atoms with Crippen LogP contribution in [0.15, 0.2) is 18.2 Å². The summed E-state index contributed by atoms with van der Waals surface area (Å²) in [6, 6.07) is 4.29. The maximum atomic E-state index is 10.8. The second kappa shape index (κ2) is 10.1. The van der Waals surface area contributed by atoms with Gasteiger partial charge in [0.2, 0.25) is 0 Å². The Hall–Kier alpha value is -1.71. The van der Waals surface area contributed by atoms with Gasteiger partial charge in [-0.1, -0.05) is 51.9 Å². The van der Waals surface area contributed by atoms with Crippen molar-refractivity contribution in [2.75, 3.05) is 6.61 Å². The van der Waals surface area contributed by atoms with Gasteiger partial charge in [0, 0.05) is 6.07 Å². The lowest BCUT2D eigenvalue weighted by Gasteiger charge is -2.07. The number of carboxylic acids is 1. The Labute approximate surface area is 126 Å². The van der Waals surface area contributed by atoms with Crippen molar-refractivity contribution in [2.24, 2.45) is 0 Å². The molecule has 0 aliphatic heterocycles. The predicted octanol–water partition coefficient (Wildman–Crippen LogP) is 4.61. The Kier molecular flexibility index (Phi) is 8.32. The maximum absolute atomic E-state index is 10.8. The number of hydrogen-bond donors (Lipinski definition) is 2. The molecule has 0 aliphatic rings. The Bertz CT molecular complexity index is 429. The normalized spacial score (nSPS) is 10.5. The van der Waals surface area contributed by atoms with Crippen molar-refractivity contribution in [1.82, 2.24) is 0 Å². The van der Waals surface area contributed by atoms with E-state index in [0.29, 0.717) is 12.4 Å². The molecule has 2 N–H and O–H groups in total. The number of unbranched alkanes of at least 4 members (excludes halogenated alkanes) is 7. The fraction of sp³-hybridized carbons (Fsp3) is 0.588. The second-order valence-electron chi connectivity index (χ2n) is 5.31. The summed E-state index contributed by atoms with van der Waals surface area (Å²) in [4.78, 5) is 10.8. The quantitative estimate of drug-likeness (QED) is 0.585. The third kappa shape index (κ3) is 7.02. The summed E-state index contributed by atoms with van der Waals surface area (Å²) in [7, 11) is 0. The van der Waals surface area contributed by atoms with Crippen LogP contribution in [0.4, 0.5) is 0 Å². The number of phenols is 1. The summed E-state index contributed by atoms with van der Waals surface area (Å²) in [5.74, 6) is -0.876. The van der Waals surface area contributed by atoms with Crippen LogP contribution in [0, 0.1) is 0 Å². The lowest BCUT2D eigenvalue weighted by atomic mass is 10.1. The molecule has 0 heterocycles. The van der Waals surface area contributed by atoms with Gasteiger partial charge >= 0.3 is 5.97 Å². The summed E-state index contributed by atoms with van der Waals surface area (Å²) < 4.78 is 5.51. The van der Waals surface area contributed by atoms with Crippen molar-refractivity contribution in [2.45, 2.75) is 58.3 Å². The molecule has 0 saturated heterocycles. The number of ether oxygens (including phenoxy) is 1. The van der Waals surface area contributed by atoms with Crippen molar-refractivity contribution in [3.05, 3.63) is 23.8 Å². The molecule has 0 spiro atoms. The van der Waals surface area contributed by atoms with Gasteiger partial charge in [-0.3, -0.25) is 0 Å². The van der Waals surface area contributed by atoms with Gasteiger partial charge in [-0.15, -0.1) is 0 Å². The zero-order valence-corrected chi connectivity index (χ0v) is 12.8. The molecule has 1 rings (SSSR count). The van der Waals surface area contributed by atoms with Crippen molar-refractivity contribution >= 4 is 5.97 Å². The minimum absolute atomic E-state index is 0.102. The molecule has 0 bridgehead atoms. The molecule has 0 fully saturated rings. The smallest absolute Gasteiger partial charge is 0.339 e. The van der Waals surface area contributed by atoms with Crippen molar-refractivity contribution in [3.8, 4) is 11.5 Å². The second-order valence-corrected chi connectivity index (χ2v) is 5.31. The highest BCUT2D eigenvalue weighted by molar-refractivity contribution is 5.90. The predicted molar refractivity (Wildman–Crippen MR) is 83.2 cm³/mol. The first kappa shape index (κ1) is 17.3. The van der Waals surface area contributed by atoms with Crippen LogP contribution in [0.5, 0.6) is 11.5 Å². The number of rotatable bonds is 11. The van der Waals surface area contributed by atoms with E-state index in [-0.39, 0.29) is 11.3 Å². The van der Waals surface area contributed by atoms with Crippen molar-refractivity contribution < 1.29 is 19.7 Å². The van der Waals surface area contributed by atoms with E-state index >= 15 is 0 Å². The Morgan fingerprint density at radius 2 is 1.67 bits per heavy atom. The number of aromatic hydroxyl groups is 1. The topological polar surface area (TPSA) is 66.8 Å². The molecule has 0 aromatic heterocycles. The van der Waals surface area contributed by atoms with E-state index in [4.69, 9.17) is 9.84 Å². The summed E-state index contributed by atoms with van der Waals surface area (Å²) in [5, 5.41) is 18.4. The molecule has 0 unspecified atom stereocenters. The number of carbonyl (C=O) groups is 1. The van der Waals surface area contributed by atoms with Crippen molar-refractivity contribution in [3.63, 3.8) is 0 Å². The number of hydrogen-bond acceptors (Lipinski definition) is 3. The molecular weight excluding hydrogens is 268 g/mol. The lowest BCUT2D eigenvalue weighted by molar-refractivity contribution is 0.0693. The number of carboxylic acid groups (broad SMARTS) is 1. The van der Waals surface area contributed by atoms with E-state index in [9.17, 15) is 9.90 Å². The van der Waals surface area contributed by atoms with Crippen LogP contribution in [0.2, 0.25) is 0 Å². The monoisotopic (exact) mass is 294 g/mol. The third-order valence-corrected chi connectivity index (χ3v) is 3.47. The van der Waals surface area contributed by atoms with Crippen molar-refractivity contribution in [1.29, 1.82) is 0 Å². The van der Waals surface area contributed by atoms with Gasteiger partial charge in [0.05, 0.1) is 6.61 Å². The molecule has 1 aromatic rings. The molecule has 118 valence electrons. The molecule has 21 heavy (non-hydrogen) atoms. The van der Waals surface area contributed by atoms with Crippen LogP contribution in [-0.2, 0) is 0 Å². The van der Waals surface area contributed by atoms with Crippen LogP contribution in [0.25, 0.3) is 0 Å². The first-order valence-electron chi connectivity index (χ1n) is 7.84. The van der Waals surface area contributed by atoms with Gasteiger partial charge in [0.1, 0.15) is 17.1 Å². The van der Waals surface area contributed by atoms with Crippen LogP contribution in [0.3, 0.4) is 0 Å². The van der Waals surface area contributed by atoms with E-state index in [1.54, 1.807) is 6.07 Å². The molecule has 0 amide bonds. The van der Waals surface area contributed by atoms with E-state index in [1.807, 2.05) is 0 Å². The van der Waals surface area contributed by atoms with Crippen LogP contribution < -0.4 is 4.74 Å². The Morgan fingerprint density at radius 1 is 1.05 bits per heavy atom. The third-order valence-electron chi connectivity index (χ3n) is 3.47. The zero-order valence-electron chi connectivity index (χ0n) is 12.8. The fourth-order valence-electron chi connectivity index (χ4n) is 2.21. The standard InChI is InChI=1S/C17H26O4/c1-2-3-4-5-6-7-8-9-12-21-14-10-11-15(17(19)20)16(18)13-14/h10-11,13,18H,2-9,12H2,1H3,(H,19,20). The van der Waals surface area contributed by atoms with E-state index in [2.05, 4.69) is 6.92 Å². The molecule has 0 saturated carbocycles. The van der Waals surface area contributed by atoms with E-state index in [1.165, 1.54) is 50.7 Å². The maximum Gasteiger partial charge on any atom is 0.339 e. The molecule has 4 heteroatoms. The molecule has 0 aliphatic carbocycles. The number of aromatic carboxylic acids is 1. The zero-order chi connectivity index (χ0) is 15.5. The lowest BCUT2D eigenvalue weighted by Crippen LogP contribution is -2.00.